The number of nitrogens with one attached hydrogen (secondary N) is 1. The molecule has 0 aromatic carbocycles. The van der Waals surface area contributed by atoms with Crippen LogP contribution in [0.25, 0.3) is 0 Å². The van der Waals surface area contributed by atoms with Gasteiger partial charge < -0.3 is 11.1 Å². The van der Waals surface area contributed by atoms with Crippen LogP contribution in [0.5, 0.6) is 0 Å². The Morgan fingerprint density at radius 1 is 1.59 bits per heavy atom. The van der Waals surface area contributed by atoms with E-state index in [4.69, 9.17) is 5.73 Å². The third-order valence-electron chi connectivity index (χ3n) is 2.85. The van der Waals surface area contributed by atoms with E-state index in [1.807, 2.05) is 14.0 Å². The van der Waals surface area contributed by atoms with Crippen molar-refractivity contribution in [1.29, 1.82) is 0 Å². The van der Waals surface area contributed by atoms with Gasteiger partial charge in [-0.2, -0.15) is 5.10 Å². The third kappa shape index (κ3) is 3.85. The molecule has 5 heteroatoms. The lowest BCUT2D eigenvalue weighted by molar-refractivity contribution is -0.122. The minimum Gasteiger partial charge on any atom is -0.351 e. The average molecular weight is 238 g/mol. The molecule has 3 N–H and O–H groups in total. The first-order chi connectivity index (χ1) is 7.91. The molecule has 96 valence electrons. The highest BCUT2D eigenvalue weighted by Gasteiger charge is 2.15. The van der Waals surface area contributed by atoms with Crippen molar-refractivity contribution in [3.63, 3.8) is 0 Å². The summed E-state index contributed by atoms with van der Waals surface area (Å²) >= 11 is 0. The first-order valence-electron chi connectivity index (χ1n) is 5.92. The van der Waals surface area contributed by atoms with E-state index in [2.05, 4.69) is 24.3 Å². The topological polar surface area (TPSA) is 72.9 Å². The Bertz CT molecular complexity index is 384. The fourth-order valence-corrected chi connectivity index (χ4v) is 1.65. The minimum absolute atomic E-state index is 0.0954. The van der Waals surface area contributed by atoms with Gasteiger partial charge >= 0.3 is 0 Å². The molecule has 0 fully saturated rings. The van der Waals surface area contributed by atoms with Crippen LogP contribution in [0.1, 0.15) is 31.5 Å². The lowest BCUT2D eigenvalue weighted by Crippen LogP contribution is -2.41. The van der Waals surface area contributed by atoms with E-state index >= 15 is 0 Å². The number of aryl methyl sites for hydroxylation is 1. The second kappa shape index (κ2) is 5.82. The zero-order valence-corrected chi connectivity index (χ0v) is 11.0. The van der Waals surface area contributed by atoms with Crippen LogP contribution < -0.4 is 11.1 Å². The second-order valence-electron chi connectivity index (χ2n) is 4.83. The highest BCUT2D eigenvalue weighted by molar-refractivity contribution is 5.81. The van der Waals surface area contributed by atoms with E-state index in [1.165, 1.54) is 0 Å². The van der Waals surface area contributed by atoms with Crippen molar-refractivity contribution >= 4 is 5.91 Å². The van der Waals surface area contributed by atoms with Crippen molar-refractivity contribution in [1.82, 2.24) is 15.1 Å². The molecular weight excluding hydrogens is 216 g/mol. The van der Waals surface area contributed by atoms with Gasteiger partial charge in [0.05, 0.1) is 12.2 Å². The number of carbonyl (C=O) groups is 1. The number of aromatic nitrogens is 2. The van der Waals surface area contributed by atoms with Gasteiger partial charge in [0.15, 0.2) is 0 Å². The van der Waals surface area contributed by atoms with Crippen LogP contribution >= 0.6 is 0 Å². The van der Waals surface area contributed by atoms with Crippen LogP contribution in [0.3, 0.4) is 0 Å². The lowest BCUT2D eigenvalue weighted by atomic mass is 10.0. The first-order valence-corrected chi connectivity index (χ1v) is 5.92. The van der Waals surface area contributed by atoms with Crippen molar-refractivity contribution in [3.8, 4) is 0 Å². The zero-order chi connectivity index (χ0) is 13.0. The van der Waals surface area contributed by atoms with Gasteiger partial charge in [0, 0.05) is 24.8 Å². The second-order valence-corrected chi connectivity index (χ2v) is 4.83. The minimum atomic E-state index is -0.424. The van der Waals surface area contributed by atoms with Crippen molar-refractivity contribution < 1.29 is 4.79 Å². The van der Waals surface area contributed by atoms with Gasteiger partial charge in [-0.05, 0) is 19.3 Å². The number of nitrogens with zero attached hydrogens (tertiary/aromatic N) is 2. The Labute approximate surface area is 102 Å². The SMILES string of the molecule is Cc1c(CNC(=O)[C@H](N)CC(C)C)cnn1C. The highest BCUT2D eigenvalue weighted by Crippen LogP contribution is 2.06. The maximum Gasteiger partial charge on any atom is 0.237 e. The van der Waals surface area contributed by atoms with Crippen molar-refractivity contribution in [2.24, 2.45) is 18.7 Å². The molecule has 1 amide bonds. The predicted molar refractivity (Wildman–Crippen MR) is 67.2 cm³/mol. The van der Waals surface area contributed by atoms with E-state index < -0.39 is 6.04 Å². The van der Waals surface area contributed by atoms with Crippen molar-refractivity contribution in [2.45, 2.75) is 39.8 Å². The van der Waals surface area contributed by atoms with Gasteiger partial charge in [0.2, 0.25) is 5.91 Å². The van der Waals surface area contributed by atoms with Gasteiger partial charge in [-0.15, -0.1) is 0 Å². The molecule has 1 atom stereocenters. The molecule has 0 bridgehead atoms. The van der Waals surface area contributed by atoms with E-state index in [0.717, 1.165) is 11.3 Å². The standard InChI is InChI=1S/C12H22N4O/c1-8(2)5-11(13)12(17)14-6-10-7-15-16(4)9(10)3/h7-8,11H,5-6,13H2,1-4H3,(H,14,17)/t11-/m1/s1. The Morgan fingerprint density at radius 3 is 2.71 bits per heavy atom. The van der Waals surface area contributed by atoms with Crippen LogP contribution in [-0.2, 0) is 18.4 Å². The Morgan fingerprint density at radius 2 is 2.24 bits per heavy atom. The fourth-order valence-electron chi connectivity index (χ4n) is 1.65. The molecule has 0 unspecified atom stereocenters. The molecule has 0 saturated heterocycles. The van der Waals surface area contributed by atoms with E-state index in [1.54, 1.807) is 10.9 Å². The lowest BCUT2D eigenvalue weighted by Gasteiger charge is -2.13. The normalized spacial score (nSPS) is 12.8. The highest BCUT2D eigenvalue weighted by atomic mass is 16.2. The maximum absolute atomic E-state index is 11.7. The van der Waals surface area contributed by atoms with Gasteiger partial charge in [0.1, 0.15) is 0 Å². The molecule has 0 spiro atoms. The summed E-state index contributed by atoms with van der Waals surface area (Å²) in [6.45, 7) is 6.57. The molecule has 1 aromatic heterocycles. The molecule has 1 heterocycles. The molecular formula is C12H22N4O. The van der Waals surface area contributed by atoms with E-state index in [-0.39, 0.29) is 5.91 Å². The summed E-state index contributed by atoms with van der Waals surface area (Å²) in [6, 6.07) is -0.424. The summed E-state index contributed by atoms with van der Waals surface area (Å²) in [6.07, 6.45) is 2.47. The van der Waals surface area contributed by atoms with Crippen LogP contribution in [0, 0.1) is 12.8 Å². The Kier molecular flexibility index (Phi) is 4.69. The maximum atomic E-state index is 11.7. The summed E-state index contributed by atoms with van der Waals surface area (Å²) in [7, 11) is 1.88. The molecule has 0 aliphatic carbocycles. The number of hydrogen-bond acceptors (Lipinski definition) is 3. The average Bonchev–Trinajstić information content (AvgIpc) is 2.55. The van der Waals surface area contributed by atoms with Gasteiger partial charge in [0.25, 0.3) is 0 Å². The van der Waals surface area contributed by atoms with Crippen molar-refractivity contribution in [2.75, 3.05) is 0 Å². The summed E-state index contributed by atoms with van der Waals surface area (Å²) < 4.78 is 1.79. The number of rotatable bonds is 5. The summed E-state index contributed by atoms with van der Waals surface area (Å²) in [5, 5.41) is 6.96. The van der Waals surface area contributed by atoms with Gasteiger partial charge in [-0.25, -0.2) is 0 Å². The Hall–Kier alpha value is -1.36. The summed E-state index contributed by atoms with van der Waals surface area (Å²) in [4.78, 5) is 11.7. The monoisotopic (exact) mass is 238 g/mol. The van der Waals surface area contributed by atoms with Crippen LogP contribution in [0.2, 0.25) is 0 Å². The summed E-state index contributed by atoms with van der Waals surface area (Å²) in [5.74, 6) is 0.331. The predicted octanol–water partition coefficient (Wildman–Crippen LogP) is 0.718. The molecule has 0 aliphatic heterocycles. The molecule has 0 aliphatic rings. The zero-order valence-electron chi connectivity index (χ0n) is 11.0. The van der Waals surface area contributed by atoms with Gasteiger partial charge in [-0.1, -0.05) is 13.8 Å². The largest absolute Gasteiger partial charge is 0.351 e. The molecule has 0 radical (unpaired) electrons. The quantitative estimate of drug-likeness (QED) is 0.794. The third-order valence-corrected chi connectivity index (χ3v) is 2.85. The van der Waals surface area contributed by atoms with E-state index in [9.17, 15) is 4.79 Å². The molecule has 1 aromatic rings. The number of amides is 1. The number of nitrogens with two attached hydrogens (primary N) is 1. The Balaban J connectivity index is 2.45. The van der Waals surface area contributed by atoms with Crippen LogP contribution in [0.15, 0.2) is 6.20 Å². The van der Waals surface area contributed by atoms with Gasteiger partial charge in [-0.3, -0.25) is 9.48 Å². The number of carbonyl (C=O) groups excluding carboxylic acids is 1. The first kappa shape index (κ1) is 13.7. The molecule has 17 heavy (non-hydrogen) atoms. The van der Waals surface area contributed by atoms with Crippen molar-refractivity contribution in [3.05, 3.63) is 17.5 Å². The fraction of sp³-hybridized carbons (Fsp3) is 0.667. The number of hydrogen-bond donors (Lipinski definition) is 2. The van der Waals surface area contributed by atoms with Crippen LogP contribution in [-0.4, -0.2) is 21.7 Å². The van der Waals surface area contributed by atoms with E-state index in [0.29, 0.717) is 18.9 Å². The molecule has 0 saturated carbocycles. The smallest absolute Gasteiger partial charge is 0.237 e. The molecule has 1 rings (SSSR count). The molecule has 5 nitrogen and oxygen atoms in total. The summed E-state index contributed by atoms with van der Waals surface area (Å²) in [5.41, 5.74) is 7.88. The van der Waals surface area contributed by atoms with Crippen LogP contribution in [0.4, 0.5) is 0 Å².